The van der Waals surface area contributed by atoms with Gasteiger partial charge in [-0.05, 0) is 38.0 Å². The Hall–Kier alpha value is -1.64. The van der Waals surface area contributed by atoms with E-state index in [1.165, 1.54) is 18.9 Å². The third kappa shape index (κ3) is 1.66. The Bertz CT molecular complexity index is 588. The van der Waals surface area contributed by atoms with Gasteiger partial charge in [-0.25, -0.2) is 4.39 Å². The van der Waals surface area contributed by atoms with Crippen LogP contribution < -0.4 is 5.32 Å². The number of benzene rings is 1. The van der Waals surface area contributed by atoms with Crippen molar-refractivity contribution in [3.63, 3.8) is 0 Å². The number of pyridine rings is 1. The number of hydrogen-bond acceptors (Lipinski definition) is 2. The van der Waals surface area contributed by atoms with Gasteiger partial charge in [-0.1, -0.05) is 0 Å². The fraction of sp³-hybridized carbons (Fsp3) is 0.357. The van der Waals surface area contributed by atoms with Gasteiger partial charge >= 0.3 is 0 Å². The average molecular weight is 230 g/mol. The molecule has 1 saturated carbocycles. The van der Waals surface area contributed by atoms with Crippen LogP contribution in [0.4, 0.5) is 10.1 Å². The Morgan fingerprint density at radius 3 is 2.76 bits per heavy atom. The van der Waals surface area contributed by atoms with E-state index in [1.807, 2.05) is 7.05 Å². The van der Waals surface area contributed by atoms with E-state index < -0.39 is 0 Å². The second-order valence-electron chi connectivity index (χ2n) is 4.69. The number of halogens is 1. The van der Waals surface area contributed by atoms with Crippen molar-refractivity contribution in [2.75, 3.05) is 12.4 Å². The molecule has 17 heavy (non-hydrogen) atoms. The van der Waals surface area contributed by atoms with Crippen molar-refractivity contribution in [3.8, 4) is 0 Å². The van der Waals surface area contributed by atoms with Crippen LogP contribution in [-0.2, 0) is 0 Å². The Kier molecular flexibility index (Phi) is 2.28. The zero-order valence-electron chi connectivity index (χ0n) is 10.0. The van der Waals surface area contributed by atoms with E-state index in [-0.39, 0.29) is 5.82 Å². The zero-order chi connectivity index (χ0) is 12.0. The summed E-state index contributed by atoms with van der Waals surface area (Å²) in [6.07, 6.45) is 2.41. The van der Waals surface area contributed by atoms with Crippen LogP contribution in [0, 0.1) is 12.7 Å². The molecule has 3 heteroatoms. The molecule has 0 aliphatic heterocycles. The van der Waals surface area contributed by atoms with Gasteiger partial charge in [0.15, 0.2) is 0 Å². The van der Waals surface area contributed by atoms with Crippen molar-refractivity contribution in [3.05, 3.63) is 35.3 Å². The minimum absolute atomic E-state index is 0.181. The first-order chi connectivity index (χ1) is 8.20. The van der Waals surface area contributed by atoms with Crippen LogP contribution in [-0.4, -0.2) is 12.0 Å². The van der Waals surface area contributed by atoms with Crippen LogP contribution in [0.15, 0.2) is 18.2 Å². The van der Waals surface area contributed by atoms with Gasteiger partial charge in [-0.3, -0.25) is 4.98 Å². The summed E-state index contributed by atoms with van der Waals surface area (Å²) >= 11 is 0. The summed E-state index contributed by atoms with van der Waals surface area (Å²) in [4.78, 5) is 4.63. The van der Waals surface area contributed by atoms with Crippen LogP contribution in [0.1, 0.15) is 30.0 Å². The molecule has 2 nitrogen and oxygen atoms in total. The van der Waals surface area contributed by atoms with Crippen molar-refractivity contribution in [1.82, 2.24) is 4.98 Å². The van der Waals surface area contributed by atoms with Crippen LogP contribution in [0.2, 0.25) is 0 Å². The first-order valence-electron chi connectivity index (χ1n) is 5.98. The standard InChI is InChI=1S/C14H15FN2/c1-8-11(15)6-5-10-13(16-2)7-12(9-3-4-9)17-14(8)10/h5-7,9H,3-4H2,1-2H3,(H,16,17). The van der Waals surface area contributed by atoms with Crippen molar-refractivity contribution in [2.24, 2.45) is 0 Å². The summed E-state index contributed by atoms with van der Waals surface area (Å²) in [5.74, 6) is 0.397. The first-order valence-corrected chi connectivity index (χ1v) is 5.98. The van der Waals surface area contributed by atoms with Crippen molar-refractivity contribution in [1.29, 1.82) is 0 Å². The summed E-state index contributed by atoms with van der Waals surface area (Å²) in [6, 6.07) is 5.40. The molecule has 0 saturated heterocycles. The van der Waals surface area contributed by atoms with Crippen LogP contribution in [0.3, 0.4) is 0 Å². The number of rotatable bonds is 2. The molecule has 0 amide bonds. The summed E-state index contributed by atoms with van der Waals surface area (Å²) in [7, 11) is 1.89. The molecule has 1 fully saturated rings. The molecule has 0 bridgehead atoms. The molecule has 1 aromatic carbocycles. The lowest BCUT2D eigenvalue weighted by Gasteiger charge is -2.11. The summed E-state index contributed by atoms with van der Waals surface area (Å²) in [5, 5.41) is 4.17. The maximum atomic E-state index is 13.6. The monoisotopic (exact) mass is 230 g/mol. The van der Waals surface area contributed by atoms with E-state index in [9.17, 15) is 4.39 Å². The predicted molar refractivity (Wildman–Crippen MR) is 68.0 cm³/mol. The SMILES string of the molecule is CNc1cc(C2CC2)nc2c(C)c(F)ccc12. The van der Waals surface area contributed by atoms with E-state index in [0.717, 1.165) is 22.3 Å². The predicted octanol–water partition coefficient (Wildman–Crippen LogP) is 3.60. The Morgan fingerprint density at radius 2 is 2.12 bits per heavy atom. The molecule has 0 atom stereocenters. The van der Waals surface area contributed by atoms with E-state index in [4.69, 9.17) is 0 Å². The average Bonchev–Trinajstić information content (AvgIpc) is 3.17. The number of aryl methyl sites for hydroxylation is 1. The number of hydrogen-bond donors (Lipinski definition) is 1. The fourth-order valence-electron chi connectivity index (χ4n) is 2.22. The highest BCUT2D eigenvalue weighted by atomic mass is 19.1. The third-order valence-electron chi connectivity index (χ3n) is 3.45. The van der Waals surface area contributed by atoms with Crippen LogP contribution >= 0.6 is 0 Å². The lowest BCUT2D eigenvalue weighted by Crippen LogP contribution is -1.98. The van der Waals surface area contributed by atoms with Crippen LogP contribution in [0.5, 0.6) is 0 Å². The Labute approximate surface area is 99.9 Å². The van der Waals surface area contributed by atoms with Gasteiger partial charge in [0.1, 0.15) is 5.82 Å². The highest BCUT2D eigenvalue weighted by Gasteiger charge is 2.26. The molecule has 0 radical (unpaired) electrons. The molecule has 1 N–H and O–H groups in total. The van der Waals surface area contributed by atoms with Gasteiger partial charge in [-0.2, -0.15) is 0 Å². The molecule has 1 heterocycles. The maximum absolute atomic E-state index is 13.6. The minimum atomic E-state index is -0.181. The molecule has 1 aliphatic rings. The minimum Gasteiger partial charge on any atom is -0.388 e. The molecule has 0 spiro atoms. The van der Waals surface area contributed by atoms with Gasteiger partial charge in [-0.15, -0.1) is 0 Å². The highest BCUT2D eigenvalue weighted by Crippen LogP contribution is 2.41. The molecule has 1 aliphatic carbocycles. The normalized spacial score (nSPS) is 15.2. The molecule has 0 unspecified atom stereocenters. The smallest absolute Gasteiger partial charge is 0.128 e. The first kappa shape index (κ1) is 10.5. The fourth-order valence-corrected chi connectivity index (χ4v) is 2.22. The Morgan fingerprint density at radius 1 is 1.35 bits per heavy atom. The lowest BCUT2D eigenvalue weighted by atomic mass is 10.1. The molecule has 88 valence electrons. The van der Waals surface area contributed by atoms with Gasteiger partial charge in [0.05, 0.1) is 5.52 Å². The number of aromatic nitrogens is 1. The van der Waals surface area contributed by atoms with E-state index in [0.29, 0.717) is 11.5 Å². The van der Waals surface area contributed by atoms with Crippen LogP contribution in [0.25, 0.3) is 10.9 Å². The number of nitrogens with zero attached hydrogens (tertiary/aromatic N) is 1. The van der Waals surface area contributed by atoms with Gasteiger partial charge < -0.3 is 5.32 Å². The Balaban J connectivity index is 2.32. The van der Waals surface area contributed by atoms with Gasteiger partial charge in [0, 0.05) is 35.3 Å². The van der Waals surface area contributed by atoms with E-state index >= 15 is 0 Å². The molecular weight excluding hydrogens is 215 g/mol. The quantitative estimate of drug-likeness (QED) is 0.852. The van der Waals surface area contributed by atoms with Crippen molar-refractivity contribution >= 4 is 16.6 Å². The topological polar surface area (TPSA) is 24.9 Å². The van der Waals surface area contributed by atoms with Gasteiger partial charge in [0.2, 0.25) is 0 Å². The van der Waals surface area contributed by atoms with Gasteiger partial charge in [0.25, 0.3) is 0 Å². The zero-order valence-corrected chi connectivity index (χ0v) is 10.0. The lowest BCUT2D eigenvalue weighted by molar-refractivity contribution is 0.620. The molecular formula is C14H15FN2. The number of nitrogens with one attached hydrogen (secondary N) is 1. The second-order valence-corrected chi connectivity index (χ2v) is 4.69. The third-order valence-corrected chi connectivity index (χ3v) is 3.45. The second kappa shape index (κ2) is 3.69. The van der Waals surface area contributed by atoms with E-state index in [2.05, 4.69) is 16.4 Å². The largest absolute Gasteiger partial charge is 0.388 e. The van der Waals surface area contributed by atoms with Crippen molar-refractivity contribution < 1.29 is 4.39 Å². The molecule has 1 aromatic heterocycles. The molecule has 3 rings (SSSR count). The summed E-state index contributed by atoms with van der Waals surface area (Å²) < 4.78 is 13.6. The summed E-state index contributed by atoms with van der Waals surface area (Å²) in [6.45, 7) is 1.79. The number of anilines is 1. The van der Waals surface area contributed by atoms with Crippen molar-refractivity contribution in [2.45, 2.75) is 25.7 Å². The van der Waals surface area contributed by atoms with E-state index in [1.54, 1.807) is 13.0 Å². The maximum Gasteiger partial charge on any atom is 0.128 e. The summed E-state index contributed by atoms with van der Waals surface area (Å²) in [5.41, 5.74) is 3.57. The molecule has 2 aromatic rings. The number of fused-ring (bicyclic) bond motifs is 1. The highest BCUT2D eigenvalue weighted by molar-refractivity contribution is 5.93.